The lowest BCUT2D eigenvalue weighted by Crippen LogP contribution is -2.74. The third-order valence-electron chi connectivity index (χ3n) is 6.49. The normalized spacial score (nSPS) is 24.3. The van der Waals surface area contributed by atoms with Gasteiger partial charge in [-0.15, -0.1) is 0 Å². The molecule has 3 aliphatic rings. The van der Waals surface area contributed by atoms with E-state index in [1.807, 2.05) is 4.90 Å². The number of non-ortho nitro benzene ring substituents is 1. The molecule has 2 fully saturated rings. The minimum atomic E-state index is -1.70. The molecular weight excluding hydrogens is 432 g/mol. The van der Waals surface area contributed by atoms with Crippen molar-refractivity contribution in [2.75, 3.05) is 36.7 Å². The highest BCUT2D eigenvalue weighted by molar-refractivity contribution is 6.30. The second kappa shape index (κ2) is 7.55. The lowest BCUT2D eigenvalue weighted by atomic mass is 9.68. The van der Waals surface area contributed by atoms with Crippen LogP contribution >= 0.6 is 0 Å². The number of imide groups is 2. The van der Waals surface area contributed by atoms with Crippen LogP contribution in [0.3, 0.4) is 0 Å². The first-order valence-corrected chi connectivity index (χ1v) is 10.3. The number of urea groups is 1. The fraction of sp³-hybridized carbons (Fsp3) is 0.318. The van der Waals surface area contributed by atoms with E-state index in [0.29, 0.717) is 30.2 Å². The smallest absolute Gasteiger partial charge is 0.335 e. The number of nitro groups is 1. The van der Waals surface area contributed by atoms with E-state index in [1.165, 1.54) is 19.2 Å². The van der Waals surface area contributed by atoms with Crippen LogP contribution in [0.5, 0.6) is 5.75 Å². The first kappa shape index (κ1) is 20.9. The monoisotopic (exact) mass is 452 g/mol. The van der Waals surface area contributed by atoms with E-state index in [1.54, 1.807) is 30.3 Å². The van der Waals surface area contributed by atoms with Crippen LogP contribution in [-0.2, 0) is 20.7 Å². The van der Waals surface area contributed by atoms with Gasteiger partial charge in [-0.2, -0.15) is 0 Å². The molecule has 2 saturated heterocycles. The number of methoxy groups -OCH3 is 1. The van der Waals surface area contributed by atoms with Gasteiger partial charge in [0.25, 0.3) is 11.6 Å². The van der Waals surface area contributed by atoms with Crippen LogP contribution in [0, 0.1) is 15.5 Å². The molecule has 0 radical (unpaired) electrons. The molecule has 11 heteroatoms. The van der Waals surface area contributed by atoms with Crippen LogP contribution in [0.2, 0.25) is 0 Å². The van der Waals surface area contributed by atoms with Crippen LogP contribution in [-0.4, -0.2) is 55.7 Å². The summed E-state index contributed by atoms with van der Waals surface area (Å²) in [5.41, 5.74) is -0.347. The standard InChI is InChI=1S/C22H20N4O7/c1-32-16-5-2-14(3-6-16)25-20(28)22(19(27)23-21(25)29)11-13-10-15(26(30)31)4-7-17(13)24-8-9-33-12-18(22)24/h2-7,10,18H,8-9,11-12H2,1H3,(H,23,27,29)/t18-,22-/m0/s1. The molecule has 0 aromatic heterocycles. The van der Waals surface area contributed by atoms with E-state index >= 15 is 0 Å². The SMILES string of the molecule is COc1ccc(N2C(=O)NC(=O)[C@@]3(Cc4cc([N+](=O)[O-])ccc4N4CCOC[C@H]43)C2=O)cc1. The van der Waals surface area contributed by atoms with Gasteiger partial charge in [-0.25, -0.2) is 9.69 Å². The van der Waals surface area contributed by atoms with Crippen molar-refractivity contribution in [3.63, 3.8) is 0 Å². The Hall–Kier alpha value is -3.99. The number of carbonyl (C=O) groups is 3. The molecule has 5 rings (SSSR count). The fourth-order valence-electron chi connectivity index (χ4n) is 4.89. The summed E-state index contributed by atoms with van der Waals surface area (Å²) < 4.78 is 10.8. The lowest BCUT2D eigenvalue weighted by Gasteiger charge is -2.53. The Morgan fingerprint density at radius 2 is 1.94 bits per heavy atom. The molecule has 11 nitrogen and oxygen atoms in total. The summed E-state index contributed by atoms with van der Waals surface area (Å²) in [7, 11) is 1.50. The molecule has 0 aliphatic carbocycles. The van der Waals surface area contributed by atoms with Gasteiger partial charge in [-0.1, -0.05) is 0 Å². The number of nitrogens with one attached hydrogen (secondary N) is 1. The molecule has 2 aromatic rings. The van der Waals surface area contributed by atoms with Gasteiger partial charge in [-0.05, 0) is 35.9 Å². The predicted octanol–water partition coefficient (Wildman–Crippen LogP) is 1.63. The van der Waals surface area contributed by atoms with Crippen molar-refractivity contribution in [1.29, 1.82) is 0 Å². The summed E-state index contributed by atoms with van der Waals surface area (Å²) >= 11 is 0. The highest BCUT2D eigenvalue weighted by Gasteiger charge is 2.63. The first-order valence-electron chi connectivity index (χ1n) is 10.3. The number of amides is 4. The molecule has 170 valence electrons. The summed E-state index contributed by atoms with van der Waals surface area (Å²) in [4.78, 5) is 53.7. The van der Waals surface area contributed by atoms with E-state index in [2.05, 4.69) is 5.32 Å². The van der Waals surface area contributed by atoms with Crippen molar-refractivity contribution in [2.24, 2.45) is 5.41 Å². The first-order chi connectivity index (χ1) is 15.9. The van der Waals surface area contributed by atoms with Crippen molar-refractivity contribution in [3.8, 4) is 5.75 Å². The Labute approximate surface area is 188 Å². The van der Waals surface area contributed by atoms with Gasteiger partial charge in [0, 0.05) is 30.8 Å². The number of anilines is 2. The van der Waals surface area contributed by atoms with Gasteiger partial charge in [0.15, 0.2) is 5.41 Å². The molecule has 0 unspecified atom stereocenters. The summed E-state index contributed by atoms with van der Waals surface area (Å²) in [6.07, 6.45) is -0.0981. The molecule has 0 saturated carbocycles. The second-order valence-corrected chi connectivity index (χ2v) is 8.10. The van der Waals surface area contributed by atoms with Crippen molar-refractivity contribution < 1.29 is 28.8 Å². The molecule has 2 atom stereocenters. The Balaban J connectivity index is 1.64. The third kappa shape index (κ3) is 3.04. The highest BCUT2D eigenvalue weighted by Crippen LogP contribution is 2.46. The van der Waals surface area contributed by atoms with Gasteiger partial charge in [-0.3, -0.25) is 25.0 Å². The third-order valence-corrected chi connectivity index (χ3v) is 6.49. The van der Waals surface area contributed by atoms with Gasteiger partial charge in [0.2, 0.25) is 5.91 Å². The van der Waals surface area contributed by atoms with Crippen molar-refractivity contribution in [1.82, 2.24) is 5.32 Å². The highest BCUT2D eigenvalue weighted by atomic mass is 16.6. The Bertz CT molecular complexity index is 1180. The average molecular weight is 452 g/mol. The van der Waals surface area contributed by atoms with Crippen molar-refractivity contribution in [3.05, 3.63) is 58.1 Å². The van der Waals surface area contributed by atoms with E-state index in [-0.39, 0.29) is 24.4 Å². The Kier molecular flexibility index (Phi) is 4.78. The number of hydrogen-bond donors (Lipinski definition) is 1. The number of barbiturate groups is 1. The largest absolute Gasteiger partial charge is 0.497 e. The lowest BCUT2D eigenvalue weighted by molar-refractivity contribution is -0.384. The van der Waals surface area contributed by atoms with Crippen LogP contribution in [0.15, 0.2) is 42.5 Å². The van der Waals surface area contributed by atoms with Crippen LogP contribution < -0.4 is 19.9 Å². The maximum Gasteiger partial charge on any atom is 0.335 e. The molecule has 0 bridgehead atoms. The average Bonchev–Trinajstić information content (AvgIpc) is 2.82. The zero-order valence-corrected chi connectivity index (χ0v) is 17.6. The Morgan fingerprint density at radius 3 is 2.64 bits per heavy atom. The zero-order valence-electron chi connectivity index (χ0n) is 17.6. The van der Waals surface area contributed by atoms with Crippen LogP contribution in [0.4, 0.5) is 21.9 Å². The second-order valence-electron chi connectivity index (χ2n) is 8.10. The number of benzene rings is 2. The van der Waals surface area contributed by atoms with Gasteiger partial charge >= 0.3 is 6.03 Å². The quantitative estimate of drug-likeness (QED) is 0.422. The van der Waals surface area contributed by atoms with E-state index in [0.717, 1.165) is 4.90 Å². The van der Waals surface area contributed by atoms with E-state index < -0.39 is 34.2 Å². The summed E-state index contributed by atoms with van der Waals surface area (Å²) in [5, 5.41) is 13.7. The molecule has 2 aromatic carbocycles. The molecule has 3 heterocycles. The van der Waals surface area contributed by atoms with Gasteiger partial charge < -0.3 is 14.4 Å². The maximum absolute atomic E-state index is 14.0. The number of ether oxygens (including phenoxy) is 2. The summed E-state index contributed by atoms with van der Waals surface area (Å²) in [5.74, 6) is -0.890. The van der Waals surface area contributed by atoms with Gasteiger partial charge in [0.05, 0.1) is 37.0 Å². The maximum atomic E-state index is 14.0. The van der Waals surface area contributed by atoms with Crippen LogP contribution in [0.1, 0.15) is 5.56 Å². The van der Waals surface area contributed by atoms with E-state index in [9.17, 15) is 24.5 Å². The number of fused-ring (bicyclic) bond motifs is 4. The minimum Gasteiger partial charge on any atom is -0.497 e. The fourth-order valence-corrected chi connectivity index (χ4v) is 4.89. The zero-order chi connectivity index (χ0) is 23.3. The van der Waals surface area contributed by atoms with E-state index in [4.69, 9.17) is 9.47 Å². The number of hydrogen-bond acceptors (Lipinski definition) is 8. The number of nitrogens with zero attached hydrogens (tertiary/aromatic N) is 3. The van der Waals surface area contributed by atoms with Crippen molar-refractivity contribution >= 4 is 34.9 Å². The molecular formula is C22H20N4O7. The number of rotatable bonds is 3. The number of morpholine rings is 1. The minimum absolute atomic E-state index is 0.0975. The topological polar surface area (TPSA) is 131 Å². The number of nitro benzene ring substituents is 1. The molecule has 1 spiro atoms. The summed E-state index contributed by atoms with van der Waals surface area (Å²) in [6, 6.07) is 9.21. The molecule has 3 aliphatic heterocycles. The van der Waals surface area contributed by atoms with Gasteiger partial charge in [0.1, 0.15) is 5.75 Å². The van der Waals surface area contributed by atoms with Crippen LogP contribution in [0.25, 0.3) is 0 Å². The Morgan fingerprint density at radius 1 is 1.18 bits per heavy atom. The number of carbonyl (C=O) groups excluding carboxylic acids is 3. The predicted molar refractivity (Wildman–Crippen MR) is 115 cm³/mol. The summed E-state index contributed by atoms with van der Waals surface area (Å²) in [6.45, 7) is 0.869. The molecule has 33 heavy (non-hydrogen) atoms. The molecule has 1 N–H and O–H groups in total. The molecule has 4 amide bonds. The van der Waals surface area contributed by atoms with Crippen molar-refractivity contribution in [2.45, 2.75) is 12.5 Å².